The third-order valence-electron chi connectivity index (χ3n) is 6.67. The minimum Gasteiger partial charge on any atom is -0.307 e. The summed E-state index contributed by atoms with van der Waals surface area (Å²) in [4.78, 5) is 0. The summed E-state index contributed by atoms with van der Waals surface area (Å²) in [6, 6.07) is 6.64. The molecule has 4 unspecified atom stereocenters. The minimum absolute atomic E-state index is 0.256. The molecule has 1 aromatic carbocycles. The van der Waals surface area contributed by atoms with Crippen molar-refractivity contribution in [2.24, 2.45) is 16.7 Å². The zero-order chi connectivity index (χ0) is 15.4. The van der Waals surface area contributed by atoms with E-state index in [1.165, 1.54) is 19.3 Å². The monoisotopic (exact) mass is 325 g/mol. The van der Waals surface area contributed by atoms with Crippen LogP contribution in [0.25, 0.3) is 0 Å². The summed E-state index contributed by atoms with van der Waals surface area (Å²) in [6.07, 6.45) is 4.01. The Morgan fingerprint density at radius 3 is 2.48 bits per heavy atom. The summed E-state index contributed by atoms with van der Waals surface area (Å²) in [6.45, 7) is 9.57. The van der Waals surface area contributed by atoms with Crippen LogP contribution in [0.5, 0.6) is 0 Å². The van der Waals surface area contributed by atoms with Gasteiger partial charge in [0.2, 0.25) is 0 Å². The number of fused-ring (bicyclic) bond motifs is 2. The molecule has 2 bridgehead atoms. The lowest BCUT2D eigenvalue weighted by molar-refractivity contribution is 0.116. The van der Waals surface area contributed by atoms with Crippen LogP contribution in [0, 0.1) is 16.7 Å². The molecule has 21 heavy (non-hydrogen) atoms. The van der Waals surface area contributed by atoms with Crippen LogP contribution in [-0.4, -0.2) is 6.04 Å². The highest BCUT2D eigenvalue weighted by atomic mass is 35.5. The molecule has 116 valence electrons. The molecule has 1 aromatic rings. The van der Waals surface area contributed by atoms with Gasteiger partial charge in [0.05, 0.1) is 0 Å². The maximum absolute atomic E-state index is 6.36. The largest absolute Gasteiger partial charge is 0.307 e. The van der Waals surface area contributed by atoms with Crippen LogP contribution in [0.15, 0.2) is 18.2 Å². The highest BCUT2D eigenvalue weighted by molar-refractivity contribution is 6.35. The molecule has 2 aliphatic carbocycles. The lowest BCUT2D eigenvalue weighted by Crippen LogP contribution is -2.45. The Hall–Kier alpha value is -0.240. The maximum Gasteiger partial charge on any atom is 0.0468 e. The van der Waals surface area contributed by atoms with Crippen molar-refractivity contribution in [3.05, 3.63) is 33.8 Å². The van der Waals surface area contributed by atoms with E-state index < -0.39 is 0 Å². The summed E-state index contributed by atoms with van der Waals surface area (Å²) in [5, 5.41) is 5.31. The Morgan fingerprint density at radius 2 is 1.95 bits per heavy atom. The molecule has 2 saturated carbocycles. The van der Waals surface area contributed by atoms with E-state index in [0.29, 0.717) is 21.9 Å². The summed E-state index contributed by atoms with van der Waals surface area (Å²) < 4.78 is 0. The van der Waals surface area contributed by atoms with Gasteiger partial charge in [-0.1, -0.05) is 50.0 Å². The molecule has 2 fully saturated rings. The predicted molar refractivity (Wildman–Crippen MR) is 91.0 cm³/mol. The highest BCUT2D eigenvalue weighted by Crippen LogP contribution is 2.65. The van der Waals surface area contributed by atoms with Gasteiger partial charge in [-0.05, 0) is 60.6 Å². The third-order valence-corrected chi connectivity index (χ3v) is 7.24. The lowest BCUT2D eigenvalue weighted by atomic mass is 9.69. The first kappa shape index (κ1) is 15.6. The molecular formula is C18H25Cl2N. The van der Waals surface area contributed by atoms with Crippen LogP contribution in [0.3, 0.4) is 0 Å². The second-order valence-corrected chi connectivity index (χ2v) is 8.56. The van der Waals surface area contributed by atoms with Gasteiger partial charge in [0.15, 0.2) is 0 Å². The van der Waals surface area contributed by atoms with Crippen molar-refractivity contribution in [2.75, 3.05) is 0 Å². The fraction of sp³-hybridized carbons (Fsp3) is 0.667. The minimum atomic E-state index is 0.256. The Morgan fingerprint density at radius 1 is 1.24 bits per heavy atom. The molecule has 0 aromatic heterocycles. The standard InChI is InChI=1S/C18H25Cl2N/c1-11(14-6-5-13(19)10-15(14)20)21-16-9-12-7-8-18(16,4)17(12,2)3/h5-6,10-12,16,21H,7-9H2,1-4H3. The van der Waals surface area contributed by atoms with E-state index in [-0.39, 0.29) is 6.04 Å². The first-order valence-corrected chi connectivity index (χ1v) is 8.72. The average Bonchev–Trinajstić information content (AvgIpc) is 2.71. The SMILES string of the molecule is CC(NC1CC2CCC1(C)C2(C)C)c1ccc(Cl)cc1Cl. The van der Waals surface area contributed by atoms with Crippen molar-refractivity contribution in [1.29, 1.82) is 0 Å². The Balaban J connectivity index is 1.79. The fourth-order valence-corrected chi connectivity index (χ4v) is 5.27. The van der Waals surface area contributed by atoms with E-state index in [9.17, 15) is 0 Å². The molecule has 3 heteroatoms. The first-order chi connectivity index (χ1) is 9.75. The predicted octanol–water partition coefficient (Wildman–Crippen LogP) is 5.86. The van der Waals surface area contributed by atoms with Crippen LogP contribution in [0.1, 0.15) is 58.6 Å². The first-order valence-electron chi connectivity index (χ1n) is 7.97. The van der Waals surface area contributed by atoms with Crippen molar-refractivity contribution in [3.63, 3.8) is 0 Å². The molecule has 0 heterocycles. The number of halogens is 2. The van der Waals surface area contributed by atoms with Crippen molar-refractivity contribution >= 4 is 23.2 Å². The summed E-state index contributed by atoms with van der Waals surface area (Å²) in [5.74, 6) is 0.855. The van der Waals surface area contributed by atoms with Gasteiger partial charge in [0, 0.05) is 22.1 Å². The highest BCUT2D eigenvalue weighted by Gasteiger charge is 2.61. The van der Waals surface area contributed by atoms with Gasteiger partial charge in [-0.15, -0.1) is 0 Å². The Labute approximate surface area is 138 Å². The van der Waals surface area contributed by atoms with Gasteiger partial charge in [-0.2, -0.15) is 0 Å². The van der Waals surface area contributed by atoms with Gasteiger partial charge in [0.1, 0.15) is 0 Å². The second kappa shape index (κ2) is 5.15. The number of rotatable bonds is 3. The van der Waals surface area contributed by atoms with Crippen LogP contribution in [0.4, 0.5) is 0 Å². The molecule has 4 atom stereocenters. The summed E-state index contributed by atoms with van der Waals surface area (Å²) >= 11 is 12.4. The number of benzene rings is 1. The summed E-state index contributed by atoms with van der Waals surface area (Å²) in [7, 11) is 0. The van der Waals surface area contributed by atoms with Gasteiger partial charge in [-0.3, -0.25) is 0 Å². The molecular weight excluding hydrogens is 301 g/mol. The van der Waals surface area contributed by atoms with E-state index in [1.807, 2.05) is 18.2 Å². The molecule has 1 nitrogen and oxygen atoms in total. The van der Waals surface area contributed by atoms with E-state index in [4.69, 9.17) is 23.2 Å². The van der Waals surface area contributed by atoms with Crippen LogP contribution >= 0.6 is 23.2 Å². The molecule has 2 aliphatic rings. The number of hydrogen-bond donors (Lipinski definition) is 1. The summed E-state index contributed by atoms with van der Waals surface area (Å²) in [5.41, 5.74) is 1.98. The normalized spacial score (nSPS) is 35.1. The topological polar surface area (TPSA) is 12.0 Å². The van der Waals surface area contributed by atoms with Crippen molar-refractivity contribution in [1.82, 2.24) is 5.32 Å². The lowest BCUT2D eigenvalue weighted by Gasteiger charge is -2.41. The molecule has 3 rings (SSSR count). The van der Waals surface area contributed by atoms with Gasteiger partial charge in [0.25, 0.3) is 0 Å². The third kappa shape index (κ3) is 2.33. The Bertz CT molecular complexity index is 554. The van der Waals surface area contributed by atoms with Crippen LogP contribution in [0.2, 0.25) is 10.0 Å². The smallest absolute Gasteiger partial charge is 0.0468 e. The van der Waals surface area contributed by atoms with E-state index in [1.54, 1.807) is 0 Å². The molecule has 0 radical (unpaired) electrons. The molecule has 0 aliphatic heterocycles. The van der Waals surface area contributed by atoms with Crippen LogP contribution < -0.4 is 5.32 Å². The Kier molecular flexibility index (Phi) is 3.83. The van der Waals surface area contributed by atoms with Gasteiger partial charge < -0.3 is 5.32 Å². The molecule has 0 spiro atoms. The maximum atomic E-state index is 6.36. The zero-order valence-corrected chi connectivity index (χ0v) is 14.9. The van der Waals surface area contributed by atoms with E-state index in [2.05, 4.69) is 33.0 Å². The quantitative estimate of drug-likeness (QED) is 0.733. The van der Waals surface area contributed by atoms with Gasteiger partial charge in [-0.25, -0.2) is 0 Å². The number of hydrogen-bond acceptors (Lipinski definition) is 1. The molecule has 1 N–H and O–H groups in total. The average molecular weight is 326 g/mol. The van der Waals surface area contributed by atoms with Crippen LogP contribution in [-0.2, 0) is 0 Å². The van der Waals surface area contributed by atoms with Gasteiger partial charge >= 0.3 is 0 Å². The molecule has 0 saturated heterocycles. The van der Waals surface area contributed by atoms with E-state index >= 15 is 0 Å². The number of nitrogens with one attached hydrogen (secondary N) is 1. The molecule has 0 amide bonds. The zero-order valence-electron chi connectivity index (χ0n) is 13.3. The van der Waals surface area contributed by atoms with Crippen molar-refractivity contribution < 1.29 is 0 Å². The van der Waals surface area contributed by atoms with E-state index in [0.717, 1.165) is 16.5 Å². The van der Waals surface area contributed by atoms with Crippen molar-refractivity contribution in [3.8, 4) is 0 Å². The van der Waals surface area contributed by atoms with Crippen molar-refractivity contribution in [2.45, 2.75) is 59.0 Å². The fourth-order valence-electron chi connectivity index (χ4n) is 4.70. The second-order valence-electron chi connectivity index (χ2n) is 7.72.